The van der Waals surface area contributed by atoms with Gasteiger partial charge in [0.25, 0.3) is 5.91 Å². The zero-order valence-electron chi connectivity index (χ0n) is 12.6. The van der Waals surface area contributed by atoms with Crippen molar-refractivity contribution in [2.45, 2.75) is 17.1 Å². The number of nitriles is 1. The van der Waals surface area contributed by atoms with Gasteiger partial charge in [0.05, 0.1) is 9.77 Å². The van der Waals surface area contributed by atoms with Gasteiger partial charge in [-0.1, -0.05) is 23.7 Å². The Balaban J connectivity index is 2.03. The molecule has 3 rings (SSSR count). The molecular formula is C17H15ClN2OS2. The maximum atomic E-state index is 12.6. The van der Waals surface area contributed by atoms with Crippen molar-refractivity contribution in [3.8, 4) is 17.2 Å². The Morgan fingerprint density at radius 3 is 2.70 bits per heavy atom. The van der Waals surface area contributed by atoms with Crippen molar-refractivity contribution in [1.29, 1.82) is 5.26 Å². The quantitative estimate of drug-likeness (QED) is 0.777. The van der Waals surface area contributed by atoms with Crippen LogP contribution in [0.5, 0.6) is 0 Å². The number of carbonyl (C=O) groups is 1. The molecule has 0 saturated heterocycles. The molecule has 0 atom stereocenters. The second-order valence-corrected chi connectivity index (χ2v) is 7.98. The minimum absolute atomic E-state index is 0.0938. The Labute approximate surface area is 148 Å². The second kappa shape index (κ2) is 6.96. The summed E-state index contributed by atoms with van der Waals surface area (Å²) in [5.74, 6) is 0.525. The highest BCUT2D eigenvalue weighted by atomic mass is 35.5. The first-order chi connectivity index (χ1) is 11.1. The van der Waals surface area contributed by atoms with Gasteiger partial charge in [0, 0.05) is 17.1 Å². The first-order valence-corrected chi connectivity index (χ1v) is 9.71. The van der Waals surface area contributed by atoms with Gasteiger partial charge in [0.2, 0.25) is 0 Å². The van der Waals surface area contributed by atoms with E-state index in [1.807, 2.05) is 18.4 Å². The lowest BCUT2D eigenvalue weighted by Crippen LogP contribution is -2.25. The molecule has 1 aliphatic rings. The van der Waals surface area contributed by atoms with E-state index in [4.69, 9.17) is 11.6 Å². The van der Waals surface area contributed by atoms with Gasteiger partial charge in [-0.05, 0) is 42.7 Å². The second-order valence-electron chi connectivity index (χ2n) is 5.44. The number of rotatable bonds is 5. The smallest absolute Gasteiger partial charge is 0.262 e. The molecule has 0 radical (unpaired) electrons. The number of nitrogens with one attached hydrogen (secondary N) is 1. The summed E-state index contributed by atoms with van der Waals surface area (Å²) in [7, 11) is 0. The van der Waals surface area contributed by atoms with Crippen LogP contribution in [-0.2, 0) is 0 Å². The van der Waals surface area contributed by atoms with Gasteiger partial charge in [-0.3, -0.25) is 4.79 Å². The Bertz CT molecular complexity index is 773. The zero-order valence-corrected chi connectivity index (χ0v) is 14.9. The van der Waals surface area contributed by atoms with Crippen LogP contribution in [0.1, 0.15) is 28.1 Å². The van der Waals surface area contributed by atoms with Gasteiger partial charge in [-0.2, -0.15) is 5.26 Å². The van der Waals surface area contributed by atoms with Crippen molar-refractivity contribution in [1.82, 2.24) is 5.32 Å². The van der Waals surface area contributed by atoms with E-state index in [1.165, 1.54) is 35.9 Å². The molecule has 1 saturated carbocycles. The lowest BCUT2D eigenvalue weighted by molar-refractivity contribution is 0.0956. The Hall–Kier alpha value is -1.48. The fraction of sp³-hybridized carbons (Fsp3) is 0.294. The van der Waals surface area contributed by atoms with Crippen molar-refractivity contribution >= 4 is 40.6 Å². The Kier molecular flexibility index (Phi) is 4.96. The largest absolute Gasteiger partial charge is 0.351 e. The van der Waals surface area contributed by atoms with Crippen LogP contribution in [0.15, 0.2) is 28.5 Å². The normalized spacial score (nSPS) is 13.6. The number of carbonyl (C=O) groups excluding carboxylic acids is 1. The summed E-state index contributed by atoms with van der Waals surface area (Å²) in [6, 6.07) is 9.52. The predicted molar refractivity (Wildman–Crippen MR) is 96.3 cm³/mol. The molecule has 2 aromatic rings. The molecule has 23 heavy (non-hydrogen) atoms. The molecule has 0 spiro atoms. The summed E-state index contributed by atoms with van der Waals surface area (Å²) in [4.78, 5) is 13.2. The van der Waals surface area contributed by atoms with Crippen molar-refractivity contribution in [2.75, 3.05) is 12.8 Å². The number of halogens is 1. The van der Waals surface area contributed by atoms with Crippen LogP contribution in [0.4, 0.5) is 0 Å². The van der Waals surface area contributed by atoms with E-state index in [0.717, 1.165) is 9.77 Å². The van der Waals surface area contributed by atoms with E-state index in [9.17, 15) is 10.1 Å². The fourth-order valence-electron chi connectivity index (χ4n) is 2.35. The fourth-order valence-corrected chi connectivity index (χ4v) is 4.33. The van der Waals surface area contributed by atoms with Gasteiger partial charge >= 0.3 is 0 Å². The van der Waals surface area contributed by atoms with E-state index in [-0.39, 0.29) is 5.91 Å². The molecular weight excluding hydrogens is 348 g/mol. The van der Waals surface area contributed by atoms with Gasteiger partial charge in [0.1, 0.15) is 10.9 Å². The minimum Gasteiger partial charge on any atom is -0.351 e. The topological polar surface area (TPSA) is 52.9 Å². The highest BCUT2D eigenvalue weighted by Gasteiger charge is 2.26. The van der Waals surface area contributed by atoms with Gasteiger partial charge in [-0.15, -0.1) is 23.1 Å². The molecule has 0 unspecified atom stereocenters. The first-order valence-electron chi connectivity index (χ1n) is 7.29. The maximum Gasteiger partial charge on any atom is 0.262 e. The third kappa shape index (κ3) is 3.55. The highest BCUT2D eigenvalue weighted by molar-refractivity contribution is 8.00. The number of hydrogen-bond donors (Lipinski definition) is 1. The molecule has 1 N–H and O–H groups in total. The summed E-state index contributed by atoms with van der Waals surface area (Å²) < 4.78 is 0.869. The minimum atomic E-state index is -0.0938. The molecule has 1 heterocycles. The lowest BCUT2D eigenvalue weighted by Gasteiger charge is -2.06. The number of thiophene rings is 1. The summed E-state index contributed by atoms with van der Waals surface area (Å²) in [5.41, 5.74) is 2.13. The van der Waals surface area contributed by atoms with Crippen LogP contribution in [0, 0.1) is 17.2 Å². The van der Waals surface area contributed by atoms with E-state index in [1.54, 1.807) is 12.1 Å². The summed E-state index contributed by atoms with van der Waals surface area (Å²) in [6.45, 7) is 0.716. The van der Waals surface area contributed by atoms with Crippen LogP contribution in [0.25, 0.3) is 11.1 Å². The number of benzene rings is 1. The van der Waals surface area contributed by atoms with Crippen molar-refractivity contribution in [3.63, 3.8) is 0 Å². The van der Waals surface area contributed by atoms with Gasteiger partial charge < -0.3 is 5.32 Å². The van der Waals surface area contributed by atoms with Crippen LogP contribution >= 0.6 is 34.7 Å². The summed E-state index contributed by atoms with van der Waals surface area (Å²) in [5, 5.41) is 13.2. The molecule has 1 aliphatic carbocycles. The van der Waals surface area contributed by atoms with Gasteiger partial charge in [-0.25, -0.2) is 0 Å². The predicted octanol–water partition coefficient (Wildman–Crippen LogP) is 4.80. The van der Waals surface area contributed by atoms with Crippen LogP contribution in [0.2, 0.25) is 5.02 Å². The molecule has 0 aliphatic heterocycles. The van der Waals surface area contributed by atoms with Crippen LogP contribution in [0.3, 0.4) is 0 Å². The SMILES string of the molecule is CSc1sc(C(=O)NCC2CC2)c(-c2ccc(Cl)cc2)c1C#N. The molecule has 6 heteroatoms. The molecule has 1 amide bonds. The monoisotopic (exact) mass is 362 g/mol. The number of hydrogen-bond acceptors (Lipinski definition) is 4. The van der Waals surface area contributed by atoms with Crippen molar-refractivity contribution in [3.05, 3.63) is 39.7 Å². The standard InChI is InChI=1S/C17H15ClN2OS2/c1-22-17-13(8-19)14(11-4-6-12(18)7-5-11)15(23-17)16(21)20-9-10-2-3-10/h4-7,10H,2-3,9H2,1H3,(H,20,21). The number of thioether (sulfide) groups is 1. The molecule has 1 fully saturated rings. The Morgan fingerprint density at radius 1 is 1.43 bits per heavy atom. The van der Waals surface area contributed by atoms with E-state index < -0.39 is 0 Å². The average Bonchev–Trinajstić information content (AvgIpc) is 3.32. The molecule has 3 nitrogen and oxygen atoms in total. The lowest BCUT2D eigenvalue weighted by atomic mass is 10.0. The Morgan fingerprint density at radius 2 is 2.13 bits per heavy atom. The molecule has 1 aromatic carbocycles. The number of nitrogens with zero attached hydrogens (tertiary/aromatic N) is 1. The van der Waals surface area contributed by atoms with E-state index in [0.29, 0.717) is 33.5 Å². The van der Waals surface area contributed by atoms with Crippen molar-refractivity contribution in [2.24, 2.45) is 5.92 Å². The highest BCUT2D eigenvalue weighted by Crippen LogP contribution is 2.41. The summed E-state index contributed by atoms with van der Waals surface area (Å²) >= 11 is 8.84. The first kappa shape index (κ1) is 16.4. The van der Waals surface area contributed by atoms with E-state index >= 15 is 0 Å². The van der Waals surface area contributed by atoms with Crippen LogP contribution < -0.4 is 5.32 Å². The third-order valence-electron chi connectivity index (χ3n) is 3.76. The number of amides is 1. The molecule has 1 aromatic heterocycles. The molecule has 0 bridgehead atoms. The summed E-state index contributed by atoms with van der Waals surface area (Å²) in [6.07, 6.45) is 4.30. The van der Waals surface area contributed by atoms with Crippen LogP contribution in [-0.4, -0.2) is 18.7 Å². The zero-order chi connectivity index (χ0) is 16.4. The molecule has 118 valence electrons. The van der Waals surface area contributed by atoms with Gasteiger partial charge in [0.15, 0.2) is 0 Å². The average molecular weight is 363 g/mol. The van der Waals surface area contributed by atoms with Crippen molar-refractivity contribution < 1.29 is 4.79 Å². The van der Waals surface area contributed by atoms with E-state index in [2.05, 4.69) is 11.4 Å². The maximum absolute atomic E-state index is 12.6. The third-order valence-corrected chi connectivity index (χ3v) is 6.32.